The van der Waals surface area contributed by atoms with E-state index in [-0.39, 0.29) is 5.57 Å². The van der Waals surface area contributed by atoms with Gasteiger partial charge in [-0.2, -0.15) is 10.5 Å². The number of nitriles is 2. The van der Waals surface area contributed by atoms with Gasteiger partial charge >= 0.3 is 0 Å². The van der Waals surface area contributed by atoms with Crippen LogP contribution in [0.2, 0.25) is 0 Å². The maximum Gasteiger partial charge on any atom is 0.130 e. The molecule has 3 heteroatoms. The Morgan fingerprint density at radius 1 is 1.19 bits per heavy atom. The van der Waals surface area contributed by atoms with Gasteiger partial charge in [-0.05, 0) is 42.7 Å². The zero-order valence-corrected chi connectivity index (χ0v) is 9.53. The van der Waals surface area contributed by atoms with Gasteiger partial charge in [-0.25, -0.2) is 0 Å². The second-order valence-electron chi connectivity index (χ2n) is 3.39. The normalized spacial score (nSPS) is 8.81. The van der Waals surface area contributed by atoms with Crippen LogP contribution in [0.3, 0.4) is 0 Å². The fourth-order valence-corrected chi connectivity index (χ4v) is 1.44. The van der Waals surface area contributed by atoms with Crippen LogP contribution >= 0.6 is 0 Å². The molecule has 0 aliphatic carbocycles. The van der Waals surface area contributed by atoms with Crippen molar-refractivity contribution in [2.24, 2.45) is 0 Å². The second kappa shape index (κ2) is 5.00. The average Bonchev–Trinajstić information content (AvgIpc) is 2.31. The summed E-state index contributed by atoms with van der Waals surface area (Å²) in [6, 6.07) is 7.37. The van der Waals surface area contributed by atoms with Gasteiger partial charge in [0.2, 0.25) is 0 Å². The molecule has 0 saturated heterocycles. The van der Waals surface area contributed by atoms with Crippen LogP contribution in [0.25, 0.3) is 6.08 Å². The van der Waals surface area contributed by atoms with E-state index in [0.29, 0.717) is 0 Å². The number of allylic oxidation sites excluding steroid dienone is 1. The van der Waals surface area contributed by atoms with Gasteiger partial charge < -0.3 is 4.74 Å². The number of nitrogens with zero attached hydrogens (tertiary/aromatic N) is 2. The van der Waals surface area contributed by atoms with Crippen LogP contribution in [0.15, 0.2) is 17.7 Å². The minimum absolute atomic E-state index is 0.104. The number of methoxy groups -OCH3 is 1. The lowest BCUT2D eigenvalue weighted by molar-refractivity contribution is 0.411. The first kappa shape index (κ1) is 11.8. The Morgan fingerprint density at radius 3 is 2.31 bits per heavy atom. The number of hydrogen-bond donors (Lipinski definition) is 0. The topological polar surface area (TPSA) is 56.8 Å². The van der Waals surface area contributed by atoms with Crippen LogP contribution in [0.4, 0.5) is 0 Å². The van der Waals surface area contributed by atoms with Crippen LogP contribution in [0.5, 0.6) is 5.75 Å². The molecule has 1 aromatic rings. The van der Waals surface area contributed by atoms with E-state index in [9.17, 15) is 0 Å². The van der Waals surface area contributed by atoms with Crippen LogP contribution in [0.1, 0.15) is 16.7 Å². The molecule has 0 atom stereocenters. The maximum absolute atomic E-state index is 8.68. The number of ether oxygens (including phenoxy) is 1. The van der Waals surface area contributed by atoms with Crippen LogP contribution in [-0.2, 0) is 0 Å². The SMILES string of the molecule is COc1ccc(C=C(C#N)C#N)c(C)c1C. The summed E-state index contributed by atoms with van der Waals surface area (Å²) in [5.41, 5.74) is 3.01. The molecule has 0 aliphatic heterocycles. The first-order valence-electron chi connectivity index (χ1n) is 4.80. The summed E-state index contributed by atoms with van der Waals surface area (Å²) in [4.78, 5) is 0. The van der Waals surface area contributed by atoms with Gasteiger partial charge in [-0.1, -0.05) is 6.07 Å². The largest absolute Gasteiger partial charge is 0.496 e. The van der Waals surface area contributed by atoms with Crippen molar-refractivity contribution in [2.75, 3.05) is 7.11 Å². The Bertz CT molecular complexity index is 500. The Morgan fingerprint density at radius 2 is 1.81 bits per heavy atom. The Labute approximate surface area is 95.2 Å². The molecule has 0 aromatic heterocycles. The molecule has 0 radical (unpaired) electrons. The van der Waals surface area contributed by atoms with Crippen molar-refractivity contribution in [3.05, 3.63) is 34.4 Å². The summed E-state index contributed by atoms with van der Waals surface area (Å²) in [5.74, 6) is 0.810. The molecule has 1 rings (SSSR count). The van der Waals surface area contributed by atoms with E-state index in [2.05, 4.69) is 0 Å². The average molecular weight is 212 g/mol. The second-order valence-corrected chi connectivity index (χ2v) is 3.39. The van der Waals surface area contributed by atoms with Gasteiger partial charge in [0.15, 0.2) is 0 Å². The lowest BCUT2D eigenvalue weighted by atomic mass is 10.0. The smallest absolute Gasteiger partial charge is 0.130 e. The summed E-state index contributed by atoms with van der Waals surface area (Å²) in [5, 5.41) is 17.4. The third-order valence-electron chi connectivity index (χ3n) is 2.54. The van der Waals surface area contributed by atoms with Gasteiger partial charge in [0, 0.05) is 0 Å². The molecular formula is C13H12N2O. The molecule has 0 spiro atoms. The highest BCUT2D eigenvalue weighted by Crippen LogP contribution is 2.25. The van der Waals surface area contributed by atoms with Crippen molar-refractivity contribution >= 4 is 6.08 Å². The molecule has 0 amide bonds. The monoisotopic (exact) mass is 212 g/mol. The quantitative estimate of drug-likeness (QED) is 0.708. The van der Waals surface area contributed by atoms with Crippen molar-refractivity contribution < 1.29 is 4.74 Å². The van der Waals surface area contributed by atoms with Gasteiger partial charge in [0.05, 0.1) is 7.11 Å². The lowest BCUT2D eigenvalue weighted by Gasteiger charge is -2.09. The molecule has 0 aliphatic rings. The standard InChI is InChI=1S/C13H12N2O/c1-9-10(2)13(16-3)5-4-12(9)6-11(7-14)8-15/h4-6H,1-3H3. The minimum Gasteiger partial charge on any atom is -0.496 e. The number of benzene rings is 1. The van der Waals surface area contributed by atoms with E-state index in [1.54, 1.807) is 13.2 Å². The van der Waals surface area contributed by atoms with Crippen molar-refractivity contribution in [2.45, 2.75) is 13.8 Å². The van der Waals surface area contributed by atoms with E-state index >= 15 is 0 Å². The lowest BCUT2D eigenvalue weighted by Crippen LogP contribution is -1.92. The van der Waals surface area contributed by atoms with E-state index in [1.165, 1.54) is 0 Å². The van der Waals surface area contributed by atoms with E-state index in [4.69, 9.17) is 15.3 Å². The highest BCUT2D eigenvalue weighted by molar-refractivity contribution is 5.66. The van der Waals surface area contributed by atoms with Crippen LogP contribution in [-0.4, -0.2) is 7.11 Å². The fourth-order valence-electron chi connectivity index (χ4n) is 1.44. The summed E-state index contributed by atoms with van der Waals surface area (Å²) in [6.45, 7) is 3.89. The Hall–Kier alpha value is -2.26. The Balaban J connectivity index is 3.30. The molecular weight excluding hydrogens is 200 g/mol. The molecule has 0 heterocycles. The highest BCUT2D eigenvalue weighted by Gasteiger charge is 2.05. The predicted molar refractivity (Wildman–Crippen MR) is 61.7 cm³/mol. The summed E-state index contributed by atoms with van der Waals surface area (Å²) < 4.78 is 5.19. The van der Waals surface area contributed by atoms with Crippen molar-refractivity contribution in [1.29, 1.82) is 10.5 Å². The molecule has 80 valence electrons. The Kier molecular flexibility index (Phi) is 3.69. The van der Waals surface area contributed by atoms with Crippen molar-refractivity contribution in [3.8, 4) is 17.9 Å². The molecule has 0 fully saturated rings. The molecule has 0 N–H and O–H groups in total. The maximum atomic E-state index is 8.68. The van der Waals surface area contributed by atoms with E-state index < -0.39 is 0 Å². The first-order valence-corrected chi connectivity index (χ1v) is 4.80. The van der Waals surface area contributed by atoms with E-state index in [1.807, 2.05) is 38.1 Å². The highest BCUT2D eigenvalue weighted by atomic mass is 16.5. The first-order chi connectivity index (χ1) is 7.63. The third-order valence-corrected chi connectivity index (χ3v) is 2.54. The molecule has 3 nitrogen and oxygen atoms in total. The summed E-state index contributed by atoms with van der Waals surface area (Å²) in [7, 11) is 1.62. The zero-order chi connectivity index (χ0) is 12.1. The minimum atomic E-state index is 0.104. The van der Waals surface area contributed by atoms with Gasteiger partial charge in [-0.3, -0.25) is 0 Å². The molecule has 16 heavy (non-hydrogen) atoms. The number of hydrogen-bond acceptors (Lipinski definition) is 3. The van der Waals surface area contributed by atoms with Crippen LogP contribution in [0, 0.1) is 36.5 Å². The summed E-state index contributed by atoms with van der Waals surface area (Å²) in [6.07, 6.45) is 1.59. The van der Waals surface area contributed by atoms with Gasteiger partial charge in [0.1, 0.15) is 23.5 Å². The van der Waals surface area contributed by atoms with Crippen molar-refractivity contribution in [1.82, 2.24) is 0 Å². The third kappa shape index (κ3) is 2.21. The number of rotatable bonds is 2. The molecule has 1 aromatic carbocycles. The molecule has 0 bridgehead atoms. The fraction of sp³-hybridized carbons (Fsp3) is 0.231. The predicted octanol–water partition coefficient (Wildman–Crippen LogP) is 2.74. The summed E-state index contributed by atoms with van der Waals surface area (Å²) >= 11 is 0. The van der Waals surface area contributed by atoms with E-state index in [0.717, 1.165) is 22.4 Å². The molecule has 0 saturated carbocycles. The van der Waals surface area contributed by atoms with Crippen LogP contribution < -0.4 is 4.74 Å². The zero-order valence-electron chi connectivity index (χ0n) is 9.53. The van der Waals surface area contributed by atoms with Gasteiger partial charge in [0.25, 0.3) is 0 Å². The van der Waals surface area contributed by atoms with Gasteiger partial charge in [-0.15, -0.1) is 0 Å². The molecule has 0 unspecified atom stereocenters. The van der Waals surface area contributed by atoms with Crippen molar-refractivity contribution in [3.63, 3.8) is 0 Å².